The summed E-state index contributed by atoms with van der Waals surface area (Å²) in [5.41, 5.74) is 7.00. The second-order valence-electron chi connectivity index (χ2n) is 6.51. The second-order valence-corrected chi connectivity index (χ2v) is 6.51. The molecule has 1 aromatic carbocycles. The Hall–Kier alpha value is -1.55. The zero-order valence-corrected chi connectivity index (χ0v) is 12.1. The molecule has 2 N–H and O–H groups in total. The van der Waals surface area contributed by atoms with E-state index in [2.05, 4.69) is 0 Å². The first kappa shape index (κ1) is 13.1. The Morgan fingerprint density at radius 3 is 2.62 bits per heavy atom. The Kier molecular flexibility index (Phi) is 3.14. The molecule has 1 heterocycles. The first-order valence-electron chi connectivity index (χ1n) is 7.93. The summed E-state index contributed by atoms with van der Waals surface area (Å²) in [5, 5.41) is 0. The van der Waals surface area contributed by atoms with Crippen molar-refractivity contribution in [2.45, 2.75) is 31.7 Å². The number of benzene rings is 1. The number of Topliss-reactive ketones (excluding diaryl/α,β-unsaturated/α-hetero) is 1. The maximum absolute atomic E-state index is 12.8. The van der Waals surface area contributed by atoms with Crippen LogP contribution in [-0.4, -0.2) is 25.0 Å². The Bertz CT molecular complexity index is 569. The molecule has 0 aromatic heterocycles. The quantitative estimate of drug-likeness (QED) is 0.848. The Labute approximate surface area is 124 Å². The zero-order chi connectivity index (χ0) is 14.4. The third-order valence-electron chi connectivity index (χ3n) is 5.32. The van der Waals surface area contributed by atoms with Gasteiger partial charge in [0.1, 0.15) is 0 Å². The van der Waals surface area contributed by atoms with Crippen molar-refractivity contribution in [3.63, 3.8) is 0 Å². The van der Waals surface area contributed by atoms with Crippen molar-refractivity contribution < 1.29 is 14.3 Å². The highest BCUT2D eigenvalue weighted by Gasteiger charge is 2.49. The monoisotopic (exact) mass is 287 g/mol. The first-order chi connectivity index (χ1) is 10.2. The topological polar surface area (TPSA) is 61.6 Å². The van der Waals surface area contributed by atoms with Crippen LogP contribution in [0.1, 0.15) is 36.0 Å². The van der Waals surface area contributed by atoms with Crippen LogP contribution in [0.4, 0.5) is 0 Å². The van der Waals surface area contributed by atoms with Crippen LogP contribution in [0.15, 0.2) is 18.2 Å². The highest BCUT2D eigenvalue weighted by atomic mass is 16.5. The molecule has 0 radical (unpaired) electrons. The average molecular weight is 287 g/mol. The van der Waals surface area contributed by atoms with Gasteiger partial charge in [-0.25, -0.2) is 0 Å². The molecule has 1 aliphatic heterocycles. The van der Waals surface area contributed by atoms with Gasteiger partial charge in [0.2, 0.25) is 0 Å². The van der Waals surface area contributed by atoms with Crippen molar-refractivity contribution in [1.82, 2.24) is 0 Å². The lowest BCUT2D eigenvalue weighted by atomic mass is 9.80. The largest absolute Gasteiger partial charge is 0.490 e. The number of nitrogens with two attached hydrogens (primary N) is 1. The summed E-state index contributed by atoms with van der Waals surface area (Å²) in [5.74, 6) is 2.63. The van der Waals surface area contributed by atoms with Gasteiger partial charge in [-0.1, -0.05) is 0 Å². The first-order valence-corrected chi connectivity index (χ1v) is 7.93. The third kappa shape index (κ3) is 2.13. The number of ketones is 1. The lowest BCUT2D eigenvalue weighted by Gasteiger charge is -2.27. The molecule has 4 rings (SSSR count). The summed E-state index contributed by atoms with van der Waals surface area (Å²) in [7, 11) is 0. The number of ether oxygens (including phenoxy) is 2. The number of hydrogen-bond donors (Lipinski definition) is 1. The van der Waals surface area contributed by atoms with E-state index in [1.807, 2.05) is 18.2 Å². The fourth-order valence-electron chi connectivity index (χ4n) is 4.23. The summed E-state index contributed by atoms with van der Waals surface area (Å²) in [6.07, 6.45) is 4.34. The van der Waals surface area contributed by atoms with Crippen LogP contribution in [0.25, 0.3) is 0 Å². The molecule has 2 aliphatic carbocycles. The Morgan fingerprint density at radius 1 is 1.10 bits per heavy atom. The van der Waals surface area contributed by atoms with E-state index >= 15 is 0 Å². The molecular formula is C17H21NO3. The van der Waals surface area contributed by atoms with E-state index in [1.54, 1.807) is 0 Å². The van der Waals surface area contributed by atoms with Crippen LogP contribution < -0.4 is 15.2 Å². The molecule has 4 atom stereocenters. The molecule has 4 heteroatoms. The van der Waals surface area contributed by atoms with Gasteiger partial charge in [-0.3, -0.25) is 4.79 Å². The van der Waals surface area contributed by atoms with Crippen LogP contribution in [-0.2, 0) is 0 Å². The Morgan fingerprint density at radius 2 is 1.86 bits per heavy atom. The molecule has 0 saturated heterocycles. The van der Waals surface area contributed by atoms with E-state index in [0.29, 0.717) is 36.4 Å². The molecule has 1 aromatic rings. The minimum absolute atomic E-state index is 0.00602. The molecule has 3 aliphatic rings. The van der Waals surface area contributed by atoms with Gasteiger partial charge >= 0.3 is 0 Å². The van der Waals surface area contributed by atoms with Gasteiger partial charge in [-0.05, 0) is 49.3 Å². The van der Waals surface area contributed by atoms with E-state index in [1.165, 1.54) is 6.42 Å². The number of rotatable bonds is 2. The molecule has 2 bridgehead atoms. The number of fused-ring (bicyclic) bond motifs is 3. The molecular weight excluding hydrogens is 266 g/mol. The van der Waals surface area contributed by atoms with Crippen molar-refractivity contribution in [2.75, 3.05) is 13.2 Å². The number of hydrogen-bond acceptors (Lipinski definition) is 4. The molecule has 112 valence electrons. The third-order valence-corrected chi connectivity index (χ3v) is 5.32. The van der Waals surface area contributed by atoms with Crippen LogP contribution in [0, 0.1) is 17.8 Å². The SMILES string of the molecule is NC1C2CCC(C2)C1C(=O)c1ccc2c(c1)OCCCO2. The normalized spacial score (nSPS) is 33.8. The van der Waals surface area contributed by atoms with Crippen molar-refractivity contribution in [3.05, 3.63) is 23.8 Å². The van der Waals surface area contributed by atoms with Gasteiger partial charge < -0.3 is 15.2 Å². The van der Waals surface area contributed by atoms with Crippen molar-refractivity contribution in [2.24, 2.45) is 23.5 Å². The van der Waals surface area contributed by atoms with Crippen molar-refractivity contribution in [1.29, 1.82) is 0 Å². The minimum atomic E-state index is -0.00602. The van der Waals surface area contributed by atoms with Gasteiger partial charge in [0.05, 0.1) is 13.2 Å². The summed E-state index contributed by atoms with van der Waals surface area (Å²) < 4.78 is 11.3. The van der Waals surface area contributed by atoms with E-state index in [4.69, 9.17) is 15.2 Å². The molecule has 21 heavy (non-hydrogen) atoms. The van der Waals surface area contributed by atoms with Gasteiger partial charge in [0.25, 0.3) is 0 Å². The number of carbonyl (C=O) groups excluding carboxylic acids is 1. The van der Waals surface area contributed by atoms with Crippen LogP contribution in [0.2, 0.25) is 0 Å². The summed E-state index contributed by atoms with van der Waals surface area (Å²) in [6, 6.07) is 5.58. The van der Waals surface area contributed by atoms with Gasteiger partial charge in [-0.15, -0.1) is 0 Å². The van der Waals surface area contributed by atoms with Crippen molar-refractivity contribution >= 4 is 5.78 Å². The van der Waals surface area contributed by atoms with Crippen molar-refractivity contribution in [3.8, 4) is 11.5 Å². The summed E-state index contributed by atoms with van der Waals surface area (Å²) in [6.45, 7) is 1.30. The van der Waals surface area contributed by atoms with Gasteiger partial charge in [0, 0.05) is 23.9 Å². The maximum Gasteiger partial charge on any atom is 0.167 e. The minimum Gasteiger partial charge on any atom is -0.490 e. The molecule has 2 fully saturated rings. The molecule has 4 nitrogen and oxygen atoms in total. The molecule has 4 unspecified atom stereocenters. The highest BCUT2D eigenvalue weighted by Crippen LogP contribution is 2.49. The average Bonchev–Trinajstić information content (AvgIpc) is 2.99. The lowest BCUT2D eigenvalue weighted by Crippen LogP contribution is -2.40. The summed E-state index contributed by atoms with van der Waals surface area (Å²) >= 11 is 0. The van der Waals surface area contributed by atoms with Crippen LogP contribution >= 0.6 is 0 Å². The van der Waals surface area contributed by atoms with Crippen LogP contribution in [0.3, 0.4) is 0 Å². The second kappa shape index (κ2) is 5.02. The van der Waals surface area contributed by atoms with E-state index in [0.717, 1.165) is 25.0 Å². The predicted octanol–water partition coefficient (Wildman–Crippen LogP) is 2.40. The molecule has 0 amide bonds. The predicted molar refractivity (Wildman–Crippen MR) is 78.7 cm³/mol. The molecule has 2 saturated carbocycles. The van der Waals surface area contributed by atoms with E-state index in [-0.39, 0.29) is 17.7 Å². The smallest absolute Gasteiger partial charge is 0.167 e. The zero-order valence-electron chi connectivity index (χ0n) is 12.1. The Balaban J connectivity index is 1.61. The standard InChI is InChI=1S/C17H21NO3/c18-16-11-3-2-10(8-11)15(16)17(19)12-4-5-13-14(9-12)21-7-1-6-20-13/h4-5,9-11,15-16H,1-3,6-8,18H2. The lowest BCUT2D eigenvalue weighted by molar-refractivity contribution is 0.0855. The summed E-state index contributed by atoms with van der Waals surface area (Å²) in [4.78, 5) is 12.8. The van der Waals surface area contributed by atoms with Crippen LogP contribution in [0.5, 0.6) is 11.5 Å². The van der Waals surface area contributed by atoms with Gasteiger partial charge in [-0.2, -0.15) is 0 Å². The maximum atomic E-state index is 12.8. The fraction of sp³-hybridized carbons (Fsp3) is 0.588. The van der Waals surface area contributed by atoms with E-state index in [9.17, 15) is 4.79 Å². The fourth-order valence-corrected chi connectivity index (χ4v) is 4.23. The molecule has 0 spiro atoms. The van der Waals surface area contributed by atoms with E-state index < -0.39 is 0 Å². The highest BCUT2D eigenvalue weighted by molar-refractivity contribution is 5.99. The van der Waals surface area contributed by atoms with Gasteiger partial charge in [0.15, 0.2) is 17.3 Å². The number of carbonyl (C=O) groups is 1.